The first kappa shape index (κ1) is 14.0. The second kappa shape index (κ2) is 6.59. The van der Waals surface area contributed by atoms with Crippen molar-refractivity contribution in [2.45, 2.75) is 19.4 Å². The van der Waals surface area contributed by atoms with Crippen LogP contribution in [0.3, 0.4) is 0 Å². The van der Waals surface area contributed by atoms with Crippen molar-refractivity contribution in [2.24, 2.45) is 0 Å². The molecule has 3 nitrogen and oxygen atoms in total. The molecule has 1 rings (SSSR count). The quantitative estimate of drug-likeness (QED) is 0.770. The Kier molecular flexibility index (Phi) is 5.41. The van der Waals surface area contributed by atoms with E-state index >= 15 is 0 Å². The zero-order valence-electron chi connectivity index (χ0n) is 10.4. The zero-order chi connectivity index (χ0) is 12.8. The summed E-state index contributed by atoms with van der Waals surface area (Å²) in [5.41, 5.74) is 6.91. The molecule has 0 fully saturated rings. The van der Waals surface area contributed by atoms with E-state index in [4.69, 9.17) is 10.5 Å². The highest BCUT2D eigenvalue weighted by Gasteiger charge is 2.11. The minimum Gasteiger partial charge on any atom is -0.494 e. The molecule has 0 heterocycles. The molecule has 0 spiro atoms. The van der Waals surface area contributed by atoms with Crippen LogP contribution in [0.1, 0.15) is 13.3 Å². The highest BCUT2D eigenvalue weighted by Crippen LogP contribution is 2.28. The third kappa shape index (κ3) is 3.70. The van der Waals surface area contributed by atoms with Gasteiger partial charge in [0.05, 0.1) is 18.5 Å². The maximum atomic E-state index is 13.4. The van der Waals surface area contributed by atoms with Gasteiger partial charge in [-0.3, -0.25) is 0 Å². The van der Waals surface area contributed by atoms with E-state index in [1.807, 2.05) is 0 Å². The van der Waals surface area contributed by atoms with Gasteiger partial charge in [-0.15, -0.1) is 0 Å². The van der Waals surface area contributed by atoms with Gasteiger partial charge in [-0.2, -0.15) is 11.8 Å². The molecule has 0 aliphatic heterocycles. The molecule has 0 aromatic heterocycles. The molecule has 17 heavy (non-hydrogen) atoms. The molecule has 0 bridgehead atoms. The van der Waals surface area contributed by atoms with E-state index in [1.54, 1.807) is 17.8 Å². The summed E-state index contributed by atoms with van der Waals surface area (Å²) >= 11 is 1.76. The van der Waals surface area contributed by atoms with Crippen molar-refractivity contribution in [2.75, 3.05) is 30.2 Å². The maximum Gasteiger partial charge on any atom is 0.167 e. The van der Waals surface area contributed by atoms with Crippen molar-refractivity contribution in [3.8, 4) is 5.75 Å². The lowest BCUT2D eigenvalue weighted by atomic mass is 10.2. The van der Waals surface area contributed by atoms with Crippen LogP contribution in [0.2, 0.25) is 0 Å². The molecule has 5 heteroatoms. The number of nitrogens with one attached hydrogen (secondary N) is 1. The molecule has 0 aliphatic rings. The van der Waals surface area contributed by atoms with Crippen molar-refractivity contribution in [1.82, 2.24) is 0 Å². The Morgan fingerprint density at radius 2 is 2.24 bits per heavy atom. The van der Waals surface area contributed by atoms with Crippen molar-refractivity contribution >= 4 is 23.1 Å². The summed E-state index contributed by atoms with van der Waals surface area (Å²) in [4.78, 5) is 0. The number of rotatable bonds is 6. The van der Waals surface area contributed by atoms with Gasteiger partial charge in [0.2, 0.25) is 0 Å². The maximum absolute atomic E-state index is 13.4. The monoisotopic (exact) mass is 258 g/mol. The van der Waals surface area contributed by atoms with Crippen molar-refractivity contribution in [3.63, 3.8) is 0 Å². The van der Waals surface area contributed by atoms with E-state index in [-0.39, 0.29) is 5.75 Å². The SMILES string of the molecule is CCC(CSC)Nc1cc(OC)c(F)cc1N. The Bertz CT molecular complexity index is 374. The van der Waals surface area contributed by atoms with E-state index in [0.717, 1.165) is 17.9 Å². The third-order valence-electron chi connectivity index (χ3n) is 2.54. The highest BCUT2D eigenvalue weighted by molar-refractivity contribution is 7.98. The van der Waals surface area contributed by atoms with Gasteiger partial charge in [-0.1, -0.05) is 6.92 Å². The average Bonchev–Trinajstić information content (AvgIpc) is 2.31. The predicted octanol–water partition coefficient (Wildman–Crippen LogP) is 2.97. The Morgan fingerprint density at radius 3 is 2.76 bits per heavy atom. The normalized spacial score (nSPS) is 12.2. The first-order valence-electron chi connectivity index (χ1n) is 5.50. The van der Waals surface area contributed by atoms with Gasteiger partial charge in [0.1, 0.15) is 0 Å². The van der Waals surface area contributed by atoms with Crippen LogP contribution < -0.4 is 15.8 Å². The molecule has 0 amide bonds. The number of ether oxygens (including phenoxy) is 1. The minimum atomic E-state index is -0.437. The average molecular weight is 258 g/mol. The largest absolute Gasteiger partial charge is 0.494 e. The van der Waals surface area contributed by atoms with Crippen molar-refractivity contribution < 1.29 is 9.13 Å². The van der Waals surface area contributed by atoms with Crippen LogP contribution >= 0.6 is 11.8 Å². The number of hydrogen-bond acceptors (Lipinski definition) is 4. The summed E-state index contributed by atoms with van der Waals surface area (Å²) in [5, 5.41) is 3.31. The molecular formula is C12H19FN2OS. The summed E-state index contributed by atoms with van der Waals surface area (Å²) in [6.45, 7) is 2.10. The highest BCUT2D eigenvalue weighted by atomic mass is 32.2. The number of halogens is 1. The molecule has 1 atom stereocenters. The Balaban J connectivity index is 2.89. The predicted molar refractivity (Wildman–Crippen MR) is 73.4 cm³/mol. The van der Waals surface area contributed by atoms with E-state index < -0.39 is 5.82 Å². The second-order valence-corrected chi connectivity index (χ2v) is 4.69. The smallest absolute Gasteiger partial charge is 0.167 e. The Hall–Kier alpha value is -1.10. The van der Waals surface area contributed by atoms with Crippen molar-refractivity contribution in [3.05, 3.63) is 17.9 Å². The number of nitrogen functional groups attached to an aromatic ring is 1. The molecular weight excluding hydrogens is 239 g/mol. The molecule has 1 aromatic rings. The van der Waals surface area contributed by atoms with Crippen LogP contribution in [0.25, 0.3) is 0 Å². The summed E-state index contributed by atoms with van der Waals surface area (Å²) < 4.78 is 18.3. The number of nitrogens with two attached hydrogens (primary N) is 1. The number of benzene rings is 1. The van der Waals surface area contributed by atoms with E-state index in [2.05, 4.69) is 18.5 Å². The summed E-state index contributed by atoms with van der Waals surface area (Å²) in [6.07, 6.45) is 3.04. The summed E-state index contributed by atoms with van der Waals surface area (Å²) in [7, 11) is 1.44. The third-order valence-corrected chi connectivity index (χ3v) is 3.28. The number of methoxy groups -OCH3 is 1. The molecule has 0 aliphatic carbocycles. The van der Waals surface area contributed by atoms with E-state index in [1.165, 1.54) is 13.2 Å². The van der Waals surface area contributed by atoms with Gasteiger partial charge in [0.25, 0.3) is 0 Å². The molecule has 96 valence electrons. The van der Waals surface area contributed by atoms with Crippen LogP contribution in [0.5, 0.6) is 5.75 Å². The summed E-state index contributed by atoms with van der Waals surface area (Å²) in [5.74, 6) is 0.754. The lowest BCUT2D eigenvalue weighted by Crippen LogP contribution is -2.21. The zero-order valence-corrected chi connectivity index (χ0v) is 11.2. The standard InChI is InChI=1S/C12H19FN2OS/c1-4-8(7-17-3)15-11-6-12(16-2)9(13)5-10(11)14/h5-6,8,15H,4,7,14H2,1-3H3. The lowest BCUT2D eigenvalue weighted by Gasteiger charge is -2.19. The first-order chi connectivity index (χ1) is 8.12. The van der Waals surface area contributed by atoms with Crippen LogP contribution in [0.4, 0.5) is 15.8 Å². The number of hydrogen-bond donors (Lipinski definition) is 2. The van der Waals surface area contributed by atoms with E-state index in [0.29, 0.717) is 11.7 Å². The van der Waals surface area contributed by atoms with Crippen LogP contribution in [-0.2, 0) is 0 Å². The van der Waals surface area contributed by atoms with Gasteiger partial charge in [0, 0.05) is 23.9 Å². The van der Waals surface area contributed by atoms with Crippen molar-refractivity contribution in [1.29, 1.82) is 0 Å². The molecule has 0 saturated carbocycles. The van der Waals surface area contributed by atoms with Gasteiger partial charge in [-0.05, 0) is 12.7 Å². The topological polar surface area (TPSA) is 47.3 Å². The Labute approximate surface area is 106 Å². The van der Waals surface area contributed by atoms with Crippen LogP contribution in [0, 0.1) is 5.82 Å². The fourth-order valence-electron chi connectivity index (χ4n) is 1.53. The van der Waals surface area contributed by atoms with Crippen LogP contribution in [0.15, 0.2) is 12.1 Å². The Morgan fingerprint density at radius 1 is 1.53 bits per heavy atom. The second-order valence-electron chi connectivity index (χ2n) is 3.78. The van der Waals surface area contributed by atoms with Gasteiger partial charge >= 0.3 is 0 Å². The van der Waals surface area contributed by atoms with Crippen LogP contribution in [-0.4, -0.2) is 25.2 Å². The molecule has 0 saturated heterocycles. The molecule has 3 N–H and O–H groups in total. The van der Waals surface area contributed by atoms with Gasteiger partial charge < -0.3 is 15.8 Å². The van der Waals surface area contributed by atoms with Gasteiger partial charge in [-0.25, -0.2) is 4.39 Å². The van der Waals surface area contributed by atoms with Gasteiger partial charge in [0.15, 0.2) is 11.6 Å². The fourth-order valence-corrected chi connectivity index (χ4v) is 2.25. The lowest BCUT2D eigenvalue weighted by molar-refractivity contribution is 0.387. The molecule has 1 unspecified atom stereocenters. The molecule has 1 aromatic carbocycles. The minimum absolute atomic E-state index is 0.209. The number of anilines is 2. The fraction of sp³-hybridized carbons (Fsp3) is 0.500. The molecule has 0 radical (unpaired) electrons. The summed E-state index contributed by atoms with van der Waals surface area (Å²) in [6, 6.07) is 3.21. The number of thioether (sulfide) groups is 1. The van der Waals surface area contributed by atoms with E-state index in [9.17, 15) is 4.39 Å². The first-order valence-corrected chi connectivity index (χ1v) is 6.90.